The molecule has 6 nitrogen and oxygen atoms in total. The van der Waals surface area contributed by atoms with E-state index in [0.29, 0.717) is 12.1 Å². The smallest absolute Gasteiger partial charge is 0.397 e. The molecule has 0 fully saturated rings. The van der Waals surface area contributed by atoms with Crippen LogP contribution in [0.4, 0.5) is 43.5 Å². The van der Waals surface area contributed by atoms with Crippen LogP contribution >= 0.6 is 11.3 Å². The van der Waals surface area contributed by atoms with Crippen LogP contribution in [0.15, 0.2) is 24.3 Å². The highest BCUT2D eigenvalue weighted by Gasteiger charge is 2.37. The lowest BCUT2D eigenvalue weighted by atomic mass is 10.1. The number of alkyl halides is 6. The van der Waals surface area contributed by atoms with Crippen molar-refractivity contribution in [1.29, 1.82) is 5.26 Å². The minimum Gasteiger partial charge on any atom is -0.397 e. The van der Waals surface area contributed by atoms with Crippen LogP contribution in [0.2, 0.25) is 0 Å². The number of nitrogens with zero attached hydrogens (tertiary/aromatic N) is 2. The average Bonchev–Trinajstić information content (AvgIpc) is 2.95. The van der Waals surface area contributed by atoms with Crippen molar-refractivity contribution in [3.8, 4) is 6.07 Å². The van der Waals surface area contributed by atoms with Crippen LogP contribution in [0.5, 0.6) is 0 Å². The fourth-order valence-electron chi connectivity index (χ4n) is 2.53. The SMILES string of the molecule is N#Cc1cc2c(N)c(C(=O)Nc3cc(C(F)(F)F)cc(C(F)(F)F)c3)sc2nc1N. The van der Waals surface area contributed by atoms with E-state index in [0.717, 1.165) is 11.3 Å². The van der Waals surface area contributed by atoms with E-state index in [4.69, 9.17) is 16.7 Å². The van der Waals surface area contributed by atoms with Gasteiger partial charge in [0.2, 0.25) is 0 Å². The Labute approximate surface area is 167 Å². The molecule has 0 saturated carbocycles. The number of hydrogen-bond donors (Lipinski definition) is 3. The van der Waals surface area contributed by atoms with E-state index < -0.39 is 35.1 Å². The number of halogens is 6. The van der Waals surface area contributed by atoms with Gasteiger partial charge in [0.05, 0.1) is 22.4 Å². The molecule has 3 rings (SSSR count). The maximum atomic E-state index is 13.0. The number of anilines is 3. The molecule has 0 unspecified atom stereocenters. The summed E-state index contributed by atoms with van der Waals surface area (Å²) >= 11 is 0.722. The highest BCUT2D eigenvalue weighted by Crippen LogP contribution is 2.38. The van der Waals surface area contributed by atoms with E-state index in [9.17, 15) is 31.1 Å². The van der Waals surface area contributed by atoms with Gasteiger partial charge >= 0.3 is 12.4 Å². The standard InChI is InChI=1S/C17H9F6N5OS/c18-16(19,20)7-2-8(17(21,22)23)4-9(3-7)27-14(29)12-11(25)10-1-6(5-24)13(26)28-15(10)30-12/h1-4H,25H2,(H2,26,28)(H,27,29). The summed E-state index contributed by atoms with van der Waals surface area (Å²) in [6, 6.07) is 3.76. The van der Waals surface area contributed by atoms with E-state index in [1.165, 1.54) is 6.07 Å². The first-order chi connectivity index (χ1) is 13.8. The van der Waals surface area contributed by atoms with Crippen LogP contribution in [0.3, 0.4) is 0 Å². The molecule has 156 valence electrons. The van der Waals surface area contributed by atoms with E-state index in [2.05, 4.69) is 4.98 Å². The summed E-state index contributed by atoms with van der Waals surface area (Å²) in [7, 11) is 0. The fourth-order valence-corrected chi connectivity index (χ4v) is 3.51. The molecular formula is C17H9F6N5OS. The van der Waals surface area contributed by atoms with Crippen molar-refractivity contribution in [2.45, 2.75) is 12.4 Å². The minimum absolute atomic E-state index is 0.00773. The number of amides is 1. The Kier molecular flexibility index (Phi) is 4.99. The summed E-state index contributed by atoms with van der Waals surface area (Å²) in [6.07, 6.45) is -10.1. The van der Waals surface area contributed by atoms with Gasteiger partial charge in [0, 0.05) is 11.1 Å². The summed E-state index contributed by atoms with van der Waals surface area (Å²) in [5.41, 5.74) is 7.43. The molecule has 3 aromatic rings. The Morgan fingerprint density at radius 3 is 2.10 bits per heavy atom. The fraction of sp³-hybridized carbons (Fsp3) is 0.118. The number of nitrogens with one attached hydrogen (secondary N) is 1. The first-order valence-corrected chi connectivity index (χ1v) is 8.62. The van der Waals surface area contributed by atoms with Gasteiger partial charge in [-0.15, -0.1) is 11.3 Å². The molecule has 0 bridgehead atoms. The Morgan fingerprint density at radius 1 is 1.03 bits per heavy atom. The largest absolute Gasteiger partial charge is 0.416 e. The molecule has 1 amide bonds. The van der Waals surface area contributed by atoms with Gasteiger partial charge in [-0.3, -0.25) is 4.79 Å². The van der Waals surface area contributed by atoms with Gasteiger partial charge in [-0.2, -0.15) is 31.6 Å². The van der Waals surface area contributed by atoms with Crippen molar-refractivity contribution in [3.05, 3.63) is 45.8 Å². The Balaban J connectivity index is 2.04. The average molecular weight is 445 g/mol. The van der Waals surface area contributed by atoms with Crippen molar-refractivity contribution < 1.29 is 31.1 Å². The summed E-state index contributed by atoms with van der Waals surface area (Å²) in [5.74, 6) is -1.16. The number of aromatic nitrogens is 1. The normalized spacial score (nSPS) is 12.0. The van der Waals surface area contributed by atoms with Gasteiger partial charge in [0.25, 0.3) is 5.91 Å². The maximum Gasteiger partial charge on any atom is 0.416 e. The molecule has 0 aliphatic rings. The number of hydrogen-bond acceptors (Lipinski definition) is 6. The van der Waals surface area contributed by atoms with Gasteiger partial charge in [-0.1, -0.05) is 0 Å². The van der Waals surface area contributed by atoms with Crippen LogP contribution < -0.4 is 16.8 Å². The first-order valence-electron chi connectivity index (χ1n) is 7.80. The second-order valence-electron chi connectivity index (χ2n) is 5.98. The van der Waals surface area contributed by atoms with E-state index in [-0.39, 0.29) is 38.2 Å². The zero-order chi connectivity index (χ0) is 22.4. The van der Waals surface area contributed by atoms with E-state index >= 15 is 0 Å². The van der Waals surface area contributed by atoms with Gasteiger partial charge in [-0.05, 0) is 24.3 Å². The number of benzene rings is 1. The lowest BCUT2D eigenvalue weighted by Gasteiger charge is -2.14. The van der Waals surface area contributed by atoms with Gasteiger partial charge in [0.1, 0.15) is 21.6 Å². The monoisotopic (exact) mass is 445 g/mol. The predicted octanol–water partition coefficient (Wildman–Crippen LogP) is 4.62. The number of nitriles is 1. The van der Waals surface area contributed by atoms with Crippen molar-refractivity contribution >= 4 is 44.7 Å². The Morgan fingerprint density at radius 2 is 1.60 bits per heavy atom. The molecule has 0 radical (unpaired) electrons. The molecule has 5 N–H and O–H groups in total. The minimum atomic E-state index is -5.06. The van der Waals surface area contributed by atoms with Crippen LogP contribution in [-0.4, -0.2) is 10.9 Å². The lowest BCUT2D eigenvalue weighted by Crippen LogP contribution is -2.16. The van der Waals surface area contributed by atoms with Gasteiger partial charge in [0.15, 0.2) is 0 Å². The van der Waals surface area contributed by atoms with E-state index in [1.54, 1.807) is 6.07 Å². The molecule has 0 aliphatic heterocycles. The number of thiophene rings is 1. The molecule has 0 atom stereocenters. The van der Waals surface area contributed by atoms with Crippen molar-refractivity contribution in [2.75, 3.05) is 16.8 Å². The van der Waals surface area contributed by atoms with Crippen LogP contribution in [0, 0.1) is 11.3 Å². The number of rotatable bonds is 2. The van der Waals surface area contributed by atoms with Crippen molar-refractivity contribution in [3.63, 3.8) is 0 Å². The number of carbonyl (C=O) groups is 1. The summed E-state index contributed by atoms with van der Waals surface area (Å²) < 4.78 is 77.8. The molecule has 13 heteroatoms. The molecule has 2 heterocycles. The van der Waals surface area contributed by atoms with Crippen LogP contribution in [0.1, 0.15) is 26.4 Å². The highest BCUT2D eigenvalue weighted by atomic mass is 32.1. The van der Waals surface area contributed by atoms with Crippen molar-refractivity contribution in [2.24, 2.45) is 0 Å². The molecule has 30 heavy (non-hydrogen) atoms. The first kappa shape index (κ1) is 21.2. The lowest BCUT2D eigenvalue weighted by molar-refractivity contribution is -0.143. The second kappa shape index (κ2) is 7.06. The summed E-state index contributed by atoms with van der Waals surface area (Å²) in [5, 5.41) is 11.2. The molecule has 0 spiro atoms. The third kappa shape index (κ3) is 3.94. The molecular weight excluding hydrogens is 436 g/mol. The Bertz CT molecular complexity index is 1180. The van der Waals surface area contributed by atoms with Gasteiger partial charge < -0.3 is 16.8 Å². The molecule has 2 aromatic heterocycles. The topological polar surface area (TPSA) is 118 Å². The number of nitrogen functional groups attached to an aromatic ring is 2. The van der Waals surface area contributed by atoms with Crippen LogP contribution in [-0.2, 0) is 12.4 Å². The highest BCUT2D eigenvalue weighted by molar-refractivity contribution is 7.21. The van der Waals surface area contributed by atoms with Gasteiger partial charge in [-0.25, -0.2) is 4.98 Å². The summed E-state index contributed by atoms with van der Waals surface area (Å²) in [6.45, 7) is 0. The Hall–Kier alpha value is -3.53. The quantitative estimate of drug-likeness (QED) is 0.498. The number of nitrogens with two attached hydrogens (primary N) is 2. The zero-order valence-corrected chi connectivity index (χ0v) is 15.3. The van der Waals surface area contributed by atoms with Crippen LogP contribution in [0.25, 0.3) is 10.2 Å². The number of carbonyl (C=O) groups excluding carboxylic acids is 1. The maximum absolute atomic E-state index is 13.0. The number of pyridine rings is 1. The summed E-state index contributed by atoms with van der Waals surface area (Å²) in [4.78, 5) is 16.4. The molecule has 0 aliphatic carbocycles. The zero-order valence-electron chi connectivity index (χ0n) is 14.4. The number of fused-ring (bicyclic) bond motifs is 1. The molecule has 0 saturated heterocycles. The second-order valence-corrected chi connectivity index (χ2v) is 6.98. The third-order valence-corrected chi connectivity index (χ3v) is 5.04. The van der Waals surface area contributed by atoms with E-state index in [1.807, 2.05) is 5.32 Å². The molecule has 1 aromatic carbocycles. The third-order valence-electron chi connectivity index (χ3n) is 3.92. The predicted molar refractivity (Wildman–Crippen MR) is 97.6 cm³/mol. The van der Waals surface area contributed by atoms with Crippen molar-refractivity contribution in [1.82, 2.24) is 4.98 Å².